The molecule has 1 aromatic carbocycles. The Kier molecular flexibility index (Phi) is 3.90. The van der Waals surface area contributed by atoms with Gasteiger partial charge in [0.2, 0.25) is 0 Å². The van der Waals surface area contributed by atoms with E-state index < -0.39 is 0 Å². The first kappa shape index (κ1) is 17.8. The fourth-order valence-electron chi connectivity index (χ4n) is 4.85. The molecule has 8 heteroatoms. The van der Waals surface area contributed by atoms with Gasteiger partial charge in [0.15, 0.2) is 11.6 Å². The SMILES string of the molecule is N#Cc1cnc(-c2ccnc3[nH]ccc23)nc1N1C[C@@H]2C[C@H]1CN2c1cccc(F)c1. The number of pyridine rings is 1. The minimum atomic E-state index is -0.224. The quantitative estimate of drug-likeness (QED) is 0.556. The van der Waals surface area contributed by atoms with E-state index in [1.165, 1.54) is 6.07 Å². The van der Waals surface area contributed by atoms with E-state index in [0.29, 0.717) is 17.2 Å². The van der Waals surface area contributed by atoms with Crippen molar-refractivity contribution in [3.05, 3.63) is 66.4 Å². The van der Waals surface area contributed by atoms with Gasteiger partial charge in [-0.3, -0.25) is 0 Å². The highest BCUT2D eigenvalue weighted by Gasteiger charge is 2.44. The number of anilines is 2. The van der Waals surface area contributed by atoms with Gasteiger partial charge in [-0.25, -0.2) is 19.3 Å². The molecule has 7 nitrogen and oxygen atoms in total. The Labute approximate surface area is 177 Å². The second kappa shape index (κ2) is 6.77. The molecular weight excluding hydrogens is 393 g/mol. The molecule has 5 heterocycles. The van der Waals surface area contributed by atoms with Crippen LogP contribution in [0.2, 0.25) is 0 Å². The summed E-state index contributed by atoms with van der Waals surface area (Å²) < 4.78 is 13.7. The number of piperazine rings is 1. The molecule has 0 radical (unpaired) electrons. The number of aromatic amines is 1. The number of rotatable bonds is 3. The zero-order valence-electron chi connectivity index (χ0n) is 16.5. The van der Waals surface area contributed by atoms with Gasteiger partial charge >= 0.3 is 0 Å². The summed E-state index contributed by atoms with van der Waals surface area (Å²) in [5.74, 6) is 1.02. The van der Waals surface area contributed by atoms with E-state index in [-0.39, 0.29) is 17.9 Å². The maximum atomic E-state index is 13.7. The van der Waals surface area contributed by atoms with Gasteiger partial charge in [-0.2, -0.15) is 5.26 Å². The third kappa shape index (κ3) is 2.81. The fourth-order valence-corrected chi connectivity index (χ4v) is 4.85. The number of nitrogens with one attached hydrogen (secondary N) is 1. The average molecular weight is 411 g/mol. The standard InChI is InChI=1S/C23H18FN7/c24-15-2-1-3-16(8-15)30-12-18-9-17(30)13-31(18)23-14(10-25)11-28-22(29-23)20-5-7-27-21-19(20)4-6-26-21/h1-8,11,17-18H,9,12-13H2,(H,26,27)/t17-,18-/m0/s1. The van der Waals surface area contributed by atoms with Gasteiger partial charge in [0.05, 0.1) is 12.2 Å². The van der Waals surface area contributed by atoms with E-state index in [4.69, 9.17) is 4.98 Å². The highest BCUT2D eigenvalue weighted by Crippen LogP contribution is 2.38. The number of halogens is 1. The van der Waals surface area contributed by atoms with Crippen LogP contribution in [0.3, 0.4) is 0 Å². The van der Waals surface area contributed by atoms with Crippen LogP contribution in [0, 0.1) is 17.1 Å². The molecule has 2 bridgehead atoms. The van der Waals surface area contributed by atoms with Crippen molar-refractivity contribution in [3.8, 4) is 17.5 Å². The van der Waals surface area contributed by atoms with Gasteiger partial charge in [-0.1, -0.05) is 6.07 Å². The minimum Gasteiger partial charge on any atom is -0.365 e. The van der Waals surface area contributed by atoms with E-state index in [1.54, 1.807) is 24.5 Å². The molecule has 2 saturated heterocycles. The molecule has 0 unspecified atom stereocenters. The Bertz CT molecular complexity index is 1340. The number of hydrogen-bond acceptors (Lipinski definition) is 6. The number of nitrogens with zero attached hydrogens (tertiary/aromatic N) is 6. The van der Waals surface area contributed by atoms with Crippen LogP contribution in [0.5, 0.6) is 0 Å². The molecule has 3 aromatic heterocycles. The molecule has 31 heavy (non-hydrogen) atoms. The van der Waals surface area contributed by atoms with Crippen LogP contribution in [0.25, 0.3) is 22.4 Å². The third-order valence-electron chi connectivity index (χ3n) is 6.24. The van der Waals surface area contributed by atoms with Crippen molar-refractivity contribution < 1.29 is 4.39 Å². The highest BCUT2D eigenvalue weighted by molar-refractivity contribution is 5.91. The molecular formula is C23H18FN7. The van der Waals surface area contributed by atoms with Crippen LogP contribution in [0.4, 0.5) is 15.9 Å². The first-order chi connectivity index (χ1) is 15.2. The van der Waals surface area contributed by atoms with Crippen molar-refractivity contribution in [3.63, 3.8) is 0 Å². The summed E-state index contributed by atoms with van der Waals surface area (Å²) in [6.07, 6.45) is 6.13. The largest absolute Gasteiger partial charge is 0.365 e. The molecule has 2 atom stereocenters. The lowest BCUT2D eigenvalue weighted by Gasteiger charge is -2.36. The van der Waals surface area contributed by atoms with E-state index in [2.05, 4.69) is 30.8 Å². The van der Waals surface area contributed by atoms with Crippen LogP contribution in [-0.2, 0) is 0 Å². The fraction of sp³-hybridized carbons (Fsp3) is 0.217. The monoisotopic (exact) mass is 411 g/mol. The summed E-state index contributed by atoms with van der Waals surface area (Å²) in [7, 11) is 0. The first-order valence-corrected chi connectivity index (χ1v) is 10.2. The van der Waals surface area contributed by atoms with Crippen molar-refractivity contribution in [1.29, 1.82) is 5.26 Å². The number of H-pyrrole nitrogens is 1. The molecule has 6 rings (SSSR count). The van der Waals surface area contributed by atoms with Gasteiger partial charge in [-0.15, -0.1) is 0 Å². The molecule has 1 N–H and O–H groups in total. The van der Waals surface area contributed by atoms with Crippen molar-refractivity contribution in [2.45, 2.75) is 18.5 Å². The van der Waals surface area contributed by atoms with Crippen LogP contribution >= 0.6 is 0 Å². The van der Waals surface area contributed by atoms with Gasteiger partial charge in [-0.05, 0) is 36.8 Å². The molecule has 0 aliphatic carbocycles. The smallest absolute Gasteiger partial charge is 0.162 e. The van der Waals surface area contributed by atoms with Crippen molar-refractivity contribution >= 4 is 22.5 Å². The number of hydrogen-bond donors (Lipinski definition) is 1. The normalized spacial score (nSPS) is 19.9. The van der Waals surface area contributed by atoms with E-state index in [9.17, 15) is 9.65 Å². The summed E-state index contributed by atoms with van der Waals surface area (Å²) >= 11 is 0. The molecule has 2 aliphatic rings. The Morgan fingerprint density at radius 2 is 1.97 bits per heavy atom. The van der Waals surface area contributed by atoms with E-state index in [0.717, 1.165) is 41.8 Å². The van der Waals surface area contributed by atoms with Gasteiger partial charge in [0.25, 0.3) is 0 Å². The molecule has 152 valence electrons. The van der Waals surface area contributed by atoms with Crippen molar-refractivity contribution in [2.75, 3.05) is 22.9 Å². The average Bonchev–Trinajstić information content (AvgIpc) is 3.54. The van der Waals surface area contributed by atoms with Gasteiger partial charge in [0, 0.05) is 48.2 Å². The number of fused-ring (bicyclic) bond motifs is 3. The van der Waals surface area contributed by atoms with E-state index >= 15 is 0 Å². The molecule has 0 spiro atoms. The first-order valence-electron chi connectivity index (χ1n) is 10.2. The summed E-state index contributed by atoms with van der Waals surface area (Å²) in [5, 5.41) is 10.6. The third-order valence-corrected chi connectivity index (χ3v) is 6.24. The Morgan fingerprint density at radius 1 is 1.10 bits per heavy atom. The zero-order chi connectivity index (χ0) is 20.9. The molecule has 2 fully saturated rings. The summed E-state index contributed by atoms with van der Waals surface area (Å²) in [6.45, 7) is 1.51. The summed E-state index contributed by atoms with van der Waals surface area (Å²) in [5.41, 5.74) is 3.02. The topological polar surface area (TPSA) is 84.7 Å². The second-order valence-electron chi connectivity index (χ2n) is 7.97. The second-order valence-corrected chi connectivity index (χ2v) is 7.97. The minimum absolute atomic E-state index is 0.216. The molecule has 2 aliphatic heterocycles. The Morgan fingerprint density at radius 3 is 2.77 bits per heavy atom. The number of benzene rings is 1. The van der Waals surface area contributed by atoms with Crippen LogP contribution in [0.15, 0.2) is 55.0 Å². The van der Waals surface area contributed by atoms with Crippen LogP contribution < -0.4 is 9.80 Å². The molecule has 0 saturated carbocycles. The summed E-state index contributed by atoms with van der Waals surface area (Å²) in [6, 6.07) is 13.3. The Balaban J connectivity index is 1.35. The Hall–Kier alpha value is -3.99. The zero-order valence-corrected chi connectivity index (χ0v) is 16.5. The predicted molar refractivity (Wildman–Crippen MR) is 115 cm³/mol. The summed E-state index contributed by atoms with van der Waals surface area (Å²) in [4.78, 5) is 21.2. The van der Waals surface area contributed by atoms with Crippen LogP contribution in [0.1, 0.15) is 12.0 Å². The lowest BCUT2D eigenvalue weighted by Crippen LogP contribution is -2.47. The highest BCUT2D eigenvalue weighted by atomic mass is 19.1. The number of nitriles is 1. The van der Waals surface area contributed by atoms with Crippen LogP contribution in [-0.4, -0.2) is 45.1 Å². The number of aromatic nitrogens is 4. The lowest BCUT2D eigenvalue weighted by atomic mass is 10.1. The van der Waals surface area contributed by atoms with Gasteiger partial charge < -0.3 is 14.8 Å². The molecule has 0 amide bonds. The van der Waals surface area contributed by atoms with Crippen molar-refractivity contribution in [2.24, 2.45) is 0 Å². The lowest BCUT2D eigenvalue weighted by molar-refractivity contribution is 0.617. The maximum absolute atomic E-state index is 13.7. The van der Waals surface area contributed by atoms with Crippen molar-refractivity contribution in [1.82, 2.24) is 19.9 Å². The van der Waals surface area contributed by atoms with Gasteiger partial charge in [0.1, 0.15) is 23.1 Å². The molecule has 4 aromatic rings. The van der Waals surface area contributed by atoms with E-state index in [1.807, 2.05) is 24.4 Å². The maximum Gasteiger partial charge on any atom is 0.162 e. The predicted octanol–water partition coefficient (Wildman–Crippen LogP) is 3.50.